The van der Waals surface area contributed by atoms with Crippen molar-refractivity contribution in [3.8, 4) is 5.75 Å². The lowest BCUT2D eigenvalue weighted by Gasteiger charge is -2.45. The van der Waals surface area contributed by atoms with Crippen LogP contribution in [-0.2, 0) is 11.3 Å². The Labute approximate surface area is 235 Å². The summed E-state index contributed by atoms with van der Waals surface area (Å²) in [6, 6.07) is 20.5. The summed E-state index contributed by atoms with van der Waals surface area (Å²) < 4.78 is 25.4. The monoisotopic (exact) mass is 556 g/mol. The summed E-state index contributed by atoms with van der Waals surface area (Å²) in [4.78, 5) is 42.0. The highest BCUT2D eigenvalue weighted by Gasteiger charge is 2.54. The highest BCUT2D eigenvalue weighted by molar-refractivity contribution is 5.97. The number of para-hydroxylation sites is 2. The van der Waals surface area contributed by atoms with Crippen molar-refractivity contribution in [2.45, 2.75) is 44.1 Å². The van der Waals surface area contributed by atoms with Crippen LogP contribution in [0.2, 0.25) is 0 Å². The Bertz CT molecular complexity index is 1670. The number of nitrogens with one attached hydrogen (secondary N) is 1. The molecule has 9 heteroatoms. The number of benzene rings is 3. The molecule has 210 valence electrons. The summed E-state index contributed by atoms with van der Waals surface area (Å²) in [5.74, 6) is -1.76. The lowest BCUT2D eigenvalue weighted by atomic mass is 9.70. The molecule has 3 aromatic carbocycles. The summed E-state index contributed by atoms with van der Waals surface area (Å²) in [5, 5.41) is 15.2. The minimum Gasteiger partial charge on any atom is -0.487 e. The van der Waals surface area contributed by atoms with Crippen molar-refractivity contribution in [2.24, 2.45) is 5.92 Å². The third kappa shape index (κ3) is 4.86. The number of ether oxygens (including phenoxy) is 1. The molecule has 8 nitrogen and oxygen atoms in total. The van der Waals surface area contributed by atoms with Gasteiger partial charge >= 0.3 is 5.63 Å². The molecule has 1 unspecified atom stereocenters. The number of carbonyl (C=O) groups excluding carboxylic acids is 2. The maximum Gasteiger partial charge on any atom is 0.349 e. The molecule has 5 atom stereocenters. The number of aliphatic hydroxyl groups is 1. The van der Waals surface area contributed by atoms with E-state index in [1.165, 1.54) is 23.1 Å². The summed E-state index contributed by atoms with van der Waals surface area (Å²) >= 11 is 0. The summed E-state index contributed by atoms with van der Waals surface area (Å²) in [5.41, 5.74) is 0.742. The third-order valence-electron chi connectivity index (χ3n) is 8.04. The van der Waals surface area contributed by atoms with Crippen molar-refractivity contribution in [3.05, 3.63) is 112 Å². The number of nitrogens with zero attached hydrogens (tertiary/aromatic N) is 1. The summed E-state index contributed by atoms with van der Waals surface area (Å²) in [7, 11) is 0. The van der Waals surface area contributed by atoms with Gasteiger partial charge in [-0.3, -0.25) is 9.59 Å². The standard InChI is InChI=1S/C32H29FN2O6/c1-2-34-30(37)22-16-24(28(36)29-27(22)21-8-4-6-10-26(21)40-29)35(17-18-11-13-20(33)14-12-18)31(38)23-15-19-7-3-5-9-25(19)41-32(23)39/h3-15,22,24,27-29,36H,2,16-17H2,1H3,(H,34,37)/t22?,24-,27+,28+,29+/m1/s1. The van der Waals surface area contributed by atoms with Gasteiger partial charge in [0, 0.05) is 30.0 Å². The lowest BCUT2D eigenvalue weighted by molar-refractivity contribution is -0.132. The quantitative estimate of drug-likeness (QED) is 0.348. The van der Waals surface area contributed by atoms with Crippen LogP contribution in [0.25, 0.3) is 11.0 Å². The van der Waals surface area contributed by atoms with Gasteiger partial charge in [-0.1, -0.05) is 48.5 Å². The molecule has 2 amide bonds. The molecule has 1 aromatic heterocycles. The number of aliphatic hydroxyl groups excluding tert-OH is 1. The molecule has 0 radical (unpaired) electrons. The van der Waals surface area contributed by atoms with Gasteiger partial charge in [0.15, 0.2) is 0 Å². The summed E-state index contributed by atoms with van der Waals surface area (Å²) in [6.07, 6.45) is -1.86. The minimum absolute atomic E-state index is 0.0421. The normalized spacial score (nSPS) is 22.9. The van der Waals surface area contributed by atoms with Crippen molar-refractivity contribution in [2.75, 3.05) is 6.54 Å². The van der Waals surface area contributed by atoms with Crippen LogP contribution in [0, 0.1) is 11.7 Å². The molecule has 41 heavy (non-hydrogen) atoms. The fourth-order valence-corrected chi connectivity index (χ4v) is 6.13. The van der Waals surface area contributed by atoms with Gasteiger partial charge in [-0.2, -0.15) is 0 Å². The van der Waals surface area contributed by atoms with Gasteiger partial charge in [-0.15, -0.1) is 0 Å². The molecule has 1 aliphatic heterocycles. The lowest BCUT2D eigenvalue weighted by Crippen LogP contribution is -2.59. The second kappa shape index (κ2) is 10.8. The SMILES string of the molecule is CCNC(=O)C1C[C@@H](N(Cc2ccc(F)cc2)C(=O)c2cc3ccccc3oc2=O)[C@H](O)[C@H]2Oc3ccccc3[C@@H]12. The predicted octanol–water partition coefficient (Wildman–Crippen LogP) is 4.00. The molecule has 6 rings (SSSR count). The average Bonchev–Trinajstić information content (AvgIpc) is 3.37. The van der Waals surface area contributed by atoms with Crippen molar-refractivity contribution in [1.29, 1.82) is 0 Å². The van der Waals surface area contributed by atoms with Crippen LogP contribution in [0.1, 0.15) is 40.7 Å². The molecule has 2 aliphatic rings. The van der Waals surface area contributed by atoms with Crippen LogP contribution in [0.4, 0.5) is 4.39 Å². The van der Waals surface area contributed by atoms with Crippen LogP contribution in [0.3, 0.4) is 0 Å². The minimum atomic E-state index is -1.19. The van der Waals surface area contributed by atoms with Crippen LogP contribution >= 0.6 is 0 Å². The number of carbonyl (C=O) groups is 2. The summed E-state index contributed by atoms with van der Waals surface area (Å²) in [6.45, 7) is 2.20. The Morgan fingerprint density at radius 1 is 1.05 bits per heavy atom. The third-order valence-corrected chi connectivity index (χ3v) is 8.04. The number of fused-ring (bicyclic) bond motifs is 4. The maximum atomic E-state index is 14.2. The van der Waals surface area contributed by atoms with Gasteiger partial charge in [0.1, 0.15) is 34.9 Å². The zero-order valence-corrected chi connectivity index (χ0v) is 22.3. The topological polar surface area (TPSA) is 109 Å². The van der Waals surface area contributed by atoms with Gasteiger partial charge in [-0.25, -0.2) is 9.18 Å². The van der Waals surface area contributed by atoms with Gasteiger partial charge < -0.3 is 24.5 Å². The smallest absolute Gasteiger partial charge is 0.349 e. The van der Waals surface area contributed by atoms with E-state index in [4.69, 9.17) is 9.15 Å². The molecule has 1 aliphatic carbocycles. The van der Waals surface area contributed by atoms with Crippen LogP contribution in [-0.4, -0.2) is 46.6 Å². The highest BCUT2D eigenvalue weighted by Crippen LogP contribution is 2.49. The van der Waals surface area contributed by atoms with Crippen LogP contribution in [0.5, 0.6) is 5.75 Å². The van der Waals surface area contributed by atoms with Gasteiger partial charge in [0.2, 0.25) is 5.91 Å². The predicted molar refractivity (Wildman–Crippen MR) is 149 cm³/mol. The van der Waals surface area contributed by atoms with Gasteiger partial charge in [0.05, 0.1) is 12.0 Å². The second-order valence-corrected chi connectivity index (χ2v) is 10.5. The van der Waals surface area contributed by atoms with E-state index < -0.39 is 47.4 Å². The Morgan fingerprint density at radius 3 is 2.56 bits per heavy atom. The molecule has 4 aromatic rings. The Hall–Kier alpha value is -4.50. The van der Waals surface area contributed by atoms with E-state index in [1.54, 1.807) is 42.5 Å². The van der Waals surface area contributed by atoms with Crippen molar-refractivity contribution < 1.29 is 28.2 Å². The first-order chi connectivity index (χ1) is 19.9. The van der Waals surface area contributed by atoms with Crippen molar-refractivity contribution in [1.82, 2.24) is 10.2 Å². The zero-order valence-electron chi connectivity index (χ0n) is 22.3. The van der Waals surface area contributed by atoms with Crippen molar-refractivity contribution >= 4 is 22.8 Å². The Kier molecular flexibility index (Phi) is 7.05. The average molecular weight is 557 g/mol. The van der Waals surface area contributed by atoms with E-state index in [0.717, 1.165) is 5.56 Å². The highest BCUT2D eigenvalue weighted by atomic mass is 19.1. The first kappa shape index (κ1) is 26.7. The molecule has 2 heterocycles. The van der Waals surface area contributed by atoms with Crippen LogP contribution in [0.15, 0.2) is 88.1 Å². The van der Waals surface area contributed by atoms with Gasteiger partial charge in [0.25, 0.3) is 5.91 Å². The molecule has 1 saturated carbocycles. The van der Waals surface area contributed by atoms with Gasteiger partial charge in [-0.05, 0) is 49.2 Å². The zero-order chi connectivity index (χ0) is 28.7. The van der Waals surface area contributed by atoms with Crippen LogP contribution < -0.4 is 15.7 Å². The first-order valence-electron chi connectivity index (χ1n) is 13.7. The fourth-order valence-electron chi connectivity index (χ4n) is 6.13. The molecule has 1 fully saturated rings. The molecule has 2 N–H and O–H groups in total. The van der Waals surface area contributed by atoms with E-state index in [2.05, 4.69) is 5.32 Å². The molecule has 0 spiro atoms. The fraction of sp³-hybridized carbons (Fsp3) is 0.281. The number of hydrogen-bond donors (Lipinski definition) is 2. The van der Waals surface area contributed by atoms with E-state index >= 15 is 0 Å². The molecule has 0 saturated heterocycles. The second-order valence-electron chi connectivity index (χ2n) is 10.5. The first-order valence-corrected chi connectivity index (χ1v) is 13.7. The van der Waals surface area contributed by atoms with E-state index in [1.807, 2.05) is 25.1 Å². The number of hydrogen-bond acceptors (Lipinski definition) is 6. The molecular weight excluding hydrogens is 527 g/mol. The van der Waals surface area contributed by atoms with E-state index in [9.17, 15) is 23.9 Å². The maximum absolute atomic E-state index is 14.2. The molecular formula is C32H29FN2O6. The number of halogens is 1. The van der Waals surface area contributed by atoms with E-state index in [0.29, 0.717) is 28.8 Å². The number of amides is 2. The van der Waals surface area contributed by atoms with E-state index in [-0.39, 0.29) is 24.4 Å². The Morgan fingerprint density at radius 2 is 1.78 bits per heavy atom. The molecule has 0 bridgehead atoms. The largest absolute Gasteiger partial charge is 0.487 e. The van der Waals surface area contributed by atoms with Crippen molar-refractivity contribution in [3.63, 3.8) is 0 Å². The Balaban J connectivity index is 1.43. The number of rotatable bonds is 6.